The van der Waals surface area contributed by atoms with E-state index < -0.39 is 0 Å². The number of benzene rings is 3. The number of aryl methyl sites for hydroxylation is 1. The minimum absolute atomic E-state index is 0.530. The van der Waals surface area contributed by atoms with Crippen LogP contribution in [-0.4, -0.2) is 26.9 Å². The molecule has 0 fully saturated rings. The fourth-order valence-electron chi connectivity index (χ4n) is 2.93. The number of hydrogen-bond donors (Lipinski definition) is 1. The molecule has 3 aromatic rings. The zero-order valence-electron chi connectivity index (χ0n) is 16.3. The van der Waals surface area contributed by atoms with E-state index in [1.165, 1.54) is 5.56 Å². The predicted molar refractivity (Wildman–Crippen MR) is 114 cm³/mol. The molecule has 0 heterocycles. The van der Waals surface area contributed by atoms with E-state index in [-0.39, 0.29) is 0 Å². The van der Waals surface area contributed by atoms with E-state index in [1.54, 1.807) is 7.11 Å². The maximum atomic E-state index is 5.99. The first-order chi connectivity index (χ1) is 13.9. The van der Waals surface area contributed by atoms with E-state index in [0.29, 0.717) is 19.8 Å². The molecular formula is C24H27NO3. The van der Waals surface area contributed by atoms with E-state index in [0.717, 1.165) is 35.8 Å². The van der Waals surface area contributed by atoms with E-state index in [9.17, 15) is 0 Å². The highest BCUT2D eigenvalue weighted by molar-refractivity contribution is 5.56. The van der Waals surface area contributed by atoms with Gasteiger partial charge in [-0.1, -0.05) is 54.6 Å². The zero-order valence-corrected chi connectivity index (χ0v) is 16.3. The Bertz CT molecular complexity index is 836. The van der Waals surface area contributed by atoms with Crippen molar-refractivity contribution in [1.82, 2.24) is 0 Å². The van der Waals surface area contributed by atoms with E-state index in [4.69, 9.17) is 14.2 Å². The Kier molecular flexibility index (Phi) is 7.62. The summed E-state index contributed by atoms with van der Waals surface area (Å²) in [4.78, 5) is 0. The van der Waals surface area contributed by atoms with Gasteiger partial charge in [-0.05, 0) is 42.7 Å². The van der Waals surface area contributed by atoms with Crippen LogP contribution >= 0.6 is 0 Å². The molecule has 0 aliphatic heterocycles. The Balaban J connectivity index is 1.43. The van der Waals surface area contributed by atoms with E-state index in [1.807, 2.05) is 54.6 Å². The van der Waals surface area contributed by atoms with Crippen LogP contribution in [0.1, 0.15) is 12.0 Å². The second-order valence-corrected chi connectivity index (χ2v) is 6.36. The number of rotatable bonds is 11. The number of hydrogen-bond acceptors (Lipinski definition) is 4. The van der Waals surface area contributed by atoms with Crippen LogP contribution in [0, 0.1) is 0 Å². The average molecular weight is 377 g/mol. The van der Waals surface area contributed by atoms with Crippen molar-refractivity contribution in [1.29, 1.82) is 0 Å². The summed E-state index contributed by atoms with van der Waals surface area (Å²) in [7, 11) is 1.64. The lowest BCUT2D eigenvalue weighted by Crippen LogP contribution is -2.13. The van der Waals surface area contributed by atoms with Crippen molar-refractivity contribution in [2.75, 3.05) is 32.2 Å². The van der Waals surface area contributed by atoms with Crippen molar-refractivity contribution in [3.05, 3.63) is 84.4 Å². The third kappa shape index (κ3) is 5.95. The molecule has 0 unspecified atom stereocenters. The predicted octanol–water partition coefficient (Wildman–Crippen LogP) is 5.20. The number of para-hydroxylation sites is 4. The molecule has 3 rings (SSSR count). The molecule has 4 nitrogen and oxygen atoms in total. The molecule has 3 aromatic carbocycles. The van der Waals surface area contributed by atoms with Gasteiger partial charge in [-0.3, -0.25) is 0 Å². The molecule has 0 aromatic heterocycles. The van der Waals surface area contributed by atoms with Crippen LogP contribution in [0.5, 0.6) is 17.2 Å². The standard InChI is InChI=1S/C24H27NO3/c1-26-23-15-7-8-16-24(23)28-19-17-25-21-13-5-6-14-22(21)27-18-9-12-20-10-3-2-4-11-20/h2-8,10-11,13-16,25H,9,12,17-19H2,1H3. The summed E-state index contributed by atoms with van der Waals surface area (Å²) < 4.78 is 17.1. The van der Waals surface area contributed by atoms with Gasteiger partial charge in [0.15, 0.2) is 11.5 Å². The normalized spacial score (nSPS) is 10.3. The van der Waals surface area contributed by atoms with Crippen molar-refractivity contribution in [3.8, 4) is 17.2 Å². The van der Waals surface area contributed by atoms with Crippen LogP contribution in [0.4, 0.5) is 5.69 Å². The largest absolute Gasteiger partial charge is 0.493 e. The maximum Gasteiger partial charge on any atom is 0.161 e. The highest BCUT2D eigenvalue weighted by Gasteiger charge is 2.04. The smallest absolute Gasteiger partial charge is 0.161 e. The molecule has 0 bridgehead atoms. The minimum atomic E-state index is 0.530. The van der Waals surface area contributed by atoms with Crippen LogP contribution in [0.15, 0.2) is 78.9 Å². The molecule has 0 saturated heterocycles. The Hall–Kier alpha value is -3.14. The van der Waals surface area contributed by atoms with Crippen molar-refractivity contribution in [3.63, 3.8) is 0 Å². The molecule has 0 radical (unpaired) electrons. The number of nitrogens with one attached hydrogen (secondary N) is 1. The van der Waals surface area contributed by atoms with Gasteiger partial charge in [0, 0.05) is 6.54 Å². The molecule has 0 amide bonds. The van der Waals surface area contributed by atoms with Crippen molar-refractivity contribution in [2.45, 2.75) is 12.8 Å². The SMILES string of the molecule is COc1ccccc1OCCNc1ccccc1OCCCc1ccccc1. The topological polar surface area (TPSA) is 39.7 Å². The van der Waals surface area contributed by atoms with Gasteiger partial charge in [-0.2, -0.15) is 0 Å². The first-order valence-corrected chi connectivity index (χ1v) is 9.62. The Morgan fingerprint density at radius 1 is 0.679 bits per heavy atom. The van der Waals surface area contributed by atoms with E-state index >= 15 is 0 Å². The van der Waals surface area contributed by atoms with Crippen molar-refractivity contribution in [2.24, 2.45) is 0 Å². The second-order valence-electron chi connectivity index (χ2n) is 6.36. The molecule has 0 atom stereocenters. The average Bonchev–Trinajstić information content (AvgIpc) is 2.76. The number of ether oxygens (including phenoxy) is 3. The quantitative estimate of drug-likeness (QED) is 0.466. The van der Waals surface area contributed by atoms with Crippen LogP contribution in [0.3, 0.4) is 0 Å². The molecule has 0 saturated carbocycles. The van der Waals surface area contributed by atoms with Gasteiger partial charge < -0.3 is 19.5 Å². The van der Waals surface area contributed by atoms with Crippen LogP contribution in [-0.2, 0) is 6.42 Å². The molecular weight excluding hydrogens is 350 g/mol. The third-order valence-corrected chi connectivity index (χ3v) is 4.34. The molecule has 0 aliphatic carbocycles. The van der Waals surface area contributed by atoms with Crippen molar-refractivity contribution >= 4 is 5.69 Å². The summed E-state index contributed by atoms with van der Waals surface area (Å²) in [5.74, 6) is 2.36. The van der Waals surface area contributed by atoms with Gasteiger partial charge in [-0.15, -0.1) is 0 Å². The first-order valence-electron chi connectivity index (χ1n) is 9.62. The highest BCUT2D eigenvalue weighted by Crippen LogP contribution is 2.26. The lowest BCUT2D eigenvalue weighted by atomic mass is 10.1. The summed E-state index contributed by atoms with van der Waals surface area (Å²) >= 11 is 0. The third-order valence-electron chi connectivity index (χ3n) is 4.34. The fraction of sp³-hybridized carbons (Fsp3) is 0.250. The Labute approximate surface area is 167 Å². The monoisotopic (exact) mass is 377 g/mol. The maximum absolute atomic E-state index is 5.99. The summed E-state index contributed by atoms with van der Waals surface area (Å²) in [6.07, 6.45) is 2.00. The van der Waals surface area contributed by atoms with Gasteiger partial charge in [-0.25, -0.2) is 0 Å². The first kappa shape index (κ1) is 19.6. The molecule has 4 heteroatoms. The van der Waals surface area contributed by atoms with Crippen molar-refractivity contribution < 1.29 is 14.2 Å². The second kappa shape index (κ2) is 10.9. The zero-order chi connectivity index (χ0) is 19.4. The summed E-state index contributed by atoms with van der Waals surface area (Å²) in [5.41, 5.74) is 2.32. The highest BCUT2D eigenvalue weighted by atomic mass is 16.5. The molecule has 0 spiro atoms. The number of methoxy groups -OCH3 is 1. The van der Waals surface area contributed by atoms with Gasteiger partial charge in [0.1, 0.15) is 12.4 Å². The summed E-state index contributed by atoms with van der Waals surface area (Å²) in [6.45, 7) is 1.89. The lowest BCUT2D eigenvalue weighted by molar-refractivity contribution is 0.303. The van der Waals surface area contributed by atoms with Gasteiger partial charge >= 0.3 is 0 Å². The molecule has 28 heavy (non-hydrogen) atoms. The van der Waals surface area contributed by atoms with E-state index in [2.05, 4.69) is 29.6 Å². The summed E-state index contributed by atoms with van der Waals surface area (Å²) in [6, 6.07) is 26.1. The fourth-order valence-corrected chi connectivity index (χ4v) is 2.93. The Morgan fingerprint density at radius 2 is 1.32 bits per heavy atom. The summed E-state index contributed by atoms with van der Waals surface area (Å²) in [5, 5.41) is 3.39. The lowest BCUT2D eigenvalue weighted by Gasteiger charge is -2.14. The minimum Gasteiger partial charge on any atom is -0.493 e. The van der Waals surface area contributed by atoms with Gasteiger partial charge in [0.2, 0.25) is 0 Å². The van der Waals surface area contributed by atoms with Crippen LogP contribution < -0.4 is 19.5 Å². The van der Waals surface area contributed by atoms with Crippen LogP contribution in [0.25, 0.3) is 0 Å². The number of anilines is 1. The van der Waals surface area contributed by atoms with Crippen LogP contribution in [0.2, 0.25) is 0 Å². The molecule has 146 valence electrons. The molecule has 1 N–H and O–H groups in total. The molecule has 0 aliphatic rings. The van der Waals surface area contributed by atoms with Gasteiger partial charge in [0.25, 0.3) is 0 Å². The Morgan fingerprint density at radius 3 is 2.11 bits per heavy atom. The van der Waals surface area contributed by atoms with Gasteiger partial charge in [0.05, 0.1) is 19.4 Å².